The number of hydrogen-bond acceptors (Lipinski definition) is 6. The highest BCUT2D eigenvalue weighted by Crippen LogP contribution is 2.29. The van der Waals surface area contributed by atoms with Gasteiger partial charge in [-0.25, -0.2) is 4.98 Å². The monoisotopic (exact) mass is 312 g/mol. The molecule has 2 aromatic rings. The maximum atomic E-state index is 11.6. The summed E-state index contributed by atoms with van der Waals surface area (Å²) in [5.41, 5.74) is 0.873. The summed E-state index contributed by atoms with van der Waals surface area (Å²) in [6.45, 7) is 1.44. The molecule has 0 fully saturated rings. The normalized spacial score (nSPS) is 10.6. The van der Waals surface area contributed by atoms with Crippen LogP contribution < -0.4 is 5.32 Å². The van der Waals surface area contributed by atoms with E-state index in [1.165, 1.54) is 23.2 Å². The molecule has 7 heteroatoms. The first kappa shape index (κ1) is 14.4. The van der Waals surface area contributed by atoms with Crippen LogP contribution in [-0.4, -0.2) is 28.0 Å². The van der Waals surface area contributed by atoms with Crippen LogP contribution in [-0.2, 0) is 9.59 Å². The third-order valence-corrected chi connectivity index (χ3v) is 4.72. The van der Waals surface area contributed by atoms with E-state index in [2.05, 4.69) is 16.4 Å². The number of thiazole rings is 1. The summed E-state index contributed by atoms with van der Waals surface area (Å²) < 4.78 is 1.04. The fraction of sp³-hybridized carbons (Fsp3) is 0.250. The minimum absolute atomic E-state index is 0.0657. The molecule has 0 saturated heterocycles. The average Bonchev–Trinajstić information content (AvgIpc) is 2.77. The molecule has 1 aromatic heterocycles. The lowest BCUT2D eigenvalue weighted by molar-refractivity contribution is -0.114. The average molecular weight is 312 g/mol. The first-order valence-corrected chi connectivity index (χ1v) is 8.49. The van der Waals surface area contributed by atoms with Crippen molar-refractivity contribution in [1.29, 1.82) is 0 Å². The van der Waals surface area contributed by atoms with Gasteiger partial charge in [-0.15, -0.1) is 11.8 Å². The summed E-state index contributed by atoms with van der Waals surface area (Å²) in [7, 11) is 0. The van der Waals surface area contributed by atoms with Gasteiger partial charge in [-0.1, -0.05) is 23.1 Å². The molecule has 0 saturated carbocycles. The van der Waals surface area contributed by atoms with Crippen LogP contribution in [0.1, 0.15) is 6.92 Å². The van der Waals surface area contributed by atoms with E-state index in [1.54, 1.807) is 11.8 Å². The van der Waals surface area contributed by atoms with Gasteiger partial charge in [0.25, 0.3) is 0 Å². The highest BCUT2D eigenvalue weighted by molar-refractivity contribution is 8.14. The molecule has 4 nitrogen and oxygen atoms in total. The van der Waals surface area contributed by atoms with Crippen LogP contribution in [0.25, 0.3) is 10.2 Å². The van der Waals surface area contributed by atoms with E-state index in [9.17, 15) is 9.59 Å². The zero-order chi connectivity index (χ0) is 13.8. The van der Waals surface area contributed by atoms with Crippen LogP contribution in [0.4, 0.5) is 5.13 Å². The SMILES string of the molecule is CSc1ccc2nc(NC(=O)CSC(C)=O)sc2c1. The molecule has 1 amide bonds. The van der Waals surface area contributed by atoms with Crippen LogP contribution in [0, 0.1) is 0 Å². The fourth-order valence-corrected chi connectivity index (χ4v) is 3.25. The molecule has 1 aromatic carbocycles. The number of thioether (sulfide) groups is 2. The number of nitrogens with one attached hydrogen (secondary N) is 1. The van der Waals surface area contributed by atoms with Gasteiger partial charge in [-0.3, -0.25) is 9.59 Å². The molecule has 0 aliphatic carbocycles. The van der Waals surface area contributed by atoms with Gasteiger partial charge in [0, 0.05) is 11.8 Å². The van der Waals surface area contributed by atoms with E-state index < -0.39 is 0 Å². The molecule has 0 aliphatic heterocycles. The van der Waals surface area contributed by atoms with Gasteiger partial charge in [0.15, 0.2) is 10.2 Å². The molecule has 0 bridgehead atoms. The second-order valence-electron chi connectivity index (χ2n) is 3.68. The lowest BCUT2D eigenvalue weighted by Gasteiger charge is -1.98. The van der Waals surface area contributed by atoms with Crippen molar-refractivity contribution in [3.63, 3.8) is 0 Å². The lowest BCUT2D eigenvalue weighted by Crippen LogP contribution is -2.14. The number of hydrogen-bond donors (Lipinski definition) is 1. The topological polar surface area (TPSA) is 59.1 Å². The van der Waals surface area contributed by atoms with Gasteiger partial charge in [0.2, 0.25) is 5.91 Å². The highest BCUT2D eigenvalue weighted by Gasteiger charge is 2.09. The number of nitrogens with zero attached hydrogens (tertiary/aromatic N) is 1. The van der Waals surface area contributed by atoms with E-state index in [0.29, 0.717) is 5.13 Å². The Balaban J connectivity index is 2.08. The Hall–Kier alpha value is -1.05. The van der Waals surface area contributed by atoms with Gasteiger partial charge in [-0.05, 0) is 24.5 Å². The number of rotatable bonds is 4. The Morgan fingerprint density at radius 3 is 2.89 bits per heavy atom. The van der Waals surface area contributed by atoms with Crippen LogP contribution >= 0.6 is 34.9 Å². The zero-order valence-electron chi connectivity index (χ0n) is 10.4. The van der Waals surface area contributed by atoms with E-state index >= 15 is 0 Å². The molecule has 0 aliphatic rings. The number of carbonyl (C=O) groups excluding carboxylic acids is 2. The fourth-order valence-electron chi connectivity index (χ4n) is 1.41. The molecular formula is C12H12N2O2S3. The third-order valence-electron chi connectivity index (χ3n) is 2.25. The van der Waals surface area contributed by atoms with Crippen LogP contribution in [0.15, 0.2) is 23.1 Å². The molecule has 1 heterocycles. The Bertz CT molecular complexity index is 624. The van der Waals surface area contributed by atoms with Gasteiger partial charge in [0.1, 0.15) is 0 Å². The number of anilines is 1. The van der Waals surface area contributed by atoms with E-state index in [4.69, 9.17) is 0 Å². The predicted octanol–water partition coefficient (Wildman–Crippen LogP) is 3.24. The smallest absolute Gasteiger partial charge is 0.236 e. The molecule has 0 atom stereocenters. The quantitative estimate of drug-likeness (QED) is 0.878. The molecule has 2 rings (SSSR count). The molecule has 0 unspecified atom stereocenters. The summed E-state index contributed by atoms with van der Waals surface area (Å²) >= 11 is 4.10. The van der Waals surface area contributed by atoms with E-state index in [0.717, 1.165) is 22.0 Å². The van der Waals surface area contributed by atoms with Crippen molar-refractivity contribution < 1.29 is 9.59 Å². The Morgan fingerprint density at radius 1 is 1.42 bits per heavy atom. The Morgan fingerprint density at radius 2 is 2.21 bits per heavy atom. The minimum atomic E-state index is -0.204. The third kappa shape index (κ3) is 3.95. The Kier molecular flexibility index (Phi) is 4.84. The van der Waals surface area contributed by atoms with Crippen molar-refractivity contribution in [2.75, 3.05) is 17.3 Å². The highest BCUT2D eigenvalue weighted by atomic mass is 32.2. The maximum Gasteiger partial charge on any atom is 0.236 e. The molecular weight excluding hydrogens is 300 g/mol. The predicted molar refractivity (Wildman–Crippen MR) is 83.2 cm³/mol. The van der Waals surface area contributed by atoms with Crippen LogP contribution in [0.5, 0.6) is 0 Å². The van der Waals surface area contributed by atoms with Crippen molar-refractivity contribution in [1.82, 2.24) is 4.98 Å². The van der Waals surface area contributed by atoms with Gasteiger partial charge in [0.05, 0.1) is 16.0 Å². The number of aromatic nitrogens is 1. The number of amides is 1. The van der Waals surface area contributed by atoms with Crippen LogP contribution in [0.2, 0.25) is 0 Å². The number of benzene rings is 1. The second-order valence-corrected chi connectivity index (χ2v) is 6.74. The summed E-state index contributed by atoms with van der Waals surface area (Å²) in [5.74, 6) is -0.0780. The van der Waals surface area contributed by atoms with Crippen molar-refractivity contribution in [3.8, 4) is 0 Å². The molecule has 1 N–H and O–H groups in total. The zero-order valence-corrected chi connectivity index (χ0v) is 12.9. The first-order valence-electron chi connectivity index (χ1n) is 5.46. The van der Waals surface area contributed by atoms with Crippen molar-refractivity contribution in [3.05, 3.63) is 18.2 Å². The summed E-state index contributed by atoms with van der Waals surface area (Å²) in [6.07, 6.45) is 2.02. The van der Waals surface area contributed by atoms with Crippen LogP contribution in [0.3, 0.4) is 0 Å². The van der Waals surface area contributed by atoms with E-state index in [1.807, 2.05) is 18.4 Å². The van der Waals surface area contributed by atoms with Gasteiger partial charge in [-0.2, -0.15) is 0 Å². The summed E-state index contributed by atoms with van der Waals surface area (Å²) in [4.78, 5) is 27.9. The number of fused-ring (bicyclic) bond motifs is 1. The van der Waals surface area contributed by atoms with Gasteiger partial charge < -0.3 is 5.32 Å². The maximum absolute atomic E-state index is 11.6. The molecule has 100 valence electrons. The number of carbonyl (C=O) groups is 2. The molecule has 0 spiro atoms. The largest absolute Gasteiger partial charge is 0.301 e. The summed E-state index contributed by atoms with van der Waals surface area (Å²) in [5, 5.41) is 3.22. The molecule has 0 radical (unpaired) electrons. The van der Waals surface area contributed by atoms with E-state index in [-0.39, 0.29) is 16.8 Å². The second kappa shape index (κ2) is 6.40. The minimum Gasteiger partial charge on any atom is -0.301 e. The van der Waals surface area contributed by atoms with Gasteiger partial charge >= 0.3 is 0 Å². The standard InChI is InChI=1S/C12H12N2O2S3/c1-7(15)18-6-11(16)14-12-13-9-4-3-8(17-2)5-10(9)19-12/h3-5H,6H2,1-2H3,(H,13,14,16). The first-order chi connectivity index (χ1) is 9.08. The van der Waals surface area contributed by atoms with Crippen molar-refractivity contribution >= 4 is 61.2 Å². The molecule has 19 heavy (non-hydrogen) atoms. The van der Waals surface area contributed by atoms with Crippen molar-refractivity contribution in [2.24, 2.45) is 0 Å². The summed E-state index contributed by atoms with van der Waals surface area (Å²) in [6, 6.07) is 6.00. The Labute approximate surface area is 123 Å². The lowest BCUT2D eigenvalue weighted by atomic mass is 10.3. The van der Waals surface area contributed by atoms with Crippen molar-refractivity contribution in [2.45, 2.75) is 11.8 Å².